The van der Waals surface area contributed by atoms with Gasteiger partial charge in [-0.25, -0.2) is 12.8 Å². The molecule has 8 heteroatoms. The van der Waals surface area contributed by atoms with Crippen molar-refractivity contribution in [3.05, 3.63) is 95.3 Å². The number of rotatable bonds is 9. The van der Waals surface area contributed by atoms with Crippen LogP contribution in [0.5, 0.6) is 0 Å². The van der Waals surface area contributed by atoms with Crippen LogP contribution < -0.4 is 9.62 Å². The van der Waals surface area contributed by atoms with Crippen molar-refractivity contribution in [3.8, 4) is 0 Å². The molecule has 0 spiro atoms. The lowest BCUT2D eigenvalue weighted by atomic mass is 9.97. The van der Waals surface area contributed by atoms with Crippen LogP contribution in [0.25, 0.3) is 0 Å². The lowest BCUT2D eigenvalue weighted by molar-refractivity contribution is -0.120. The molecule has 0 saturated heterocycles. The summed E-state index contributed by atoms with van der Waals surface area (Å²) >= 11 is 5.92. The SMILES string of the molecule is CC(C)C[C@@H](NC(=O)CN(c1ccc(F)c(Cl)c1)S(=O)(=O)c1ccccc1)c1ccccc1. The van der Waals surface area contributed by atoms with Crippen molar-refractivity contribution in [3.63, 3.8) is 0 Å². The highest BCUT2D eigenvalue weighted by Gasteiger charge is 2.28. The number of nitrogens with one attached hydrogen (secondary N) is 1. The standard InChI is InChI=1S/C25H26ClFN2O3S/c1-18(2)15-24(19-9-5-3-6-10-19)28-25(30)17-29(20-13-14-23(27)22(26)16-20)33(31,32)21-11-7-4-8-12-21/h3-14,16,18,24H,15,17H2,1-2H3,(H,28,30)/t24-/m1/s1. The summed E-state index contributed by atoms with van der Waals surface area (Å²) in [6.07, 6.45) is 0.684. The van der Waals surface area contributed by atoms with Gasteiger partial charge in [-0.05, 0) is 48.2 Å². The van der Waals surface area contributed by atoms with Gasteiger partial charge in [0.1, 0.15) is 12.4 Å². The van der Waals surface area contributed by atoms with Crippen molar-refractivity contribution in [1.82, 2.24) is 5.32 Å². The number of sulfonamides is 1. The summed E-state index contributed by atoms with van der Waals surface area (Å²) in [4.78, 5) is 13.1. The zero-order chi connectivity index (χ0) is 24.0. The number of amides is 1. The van der Waals surface area contributed by atoms with Gasteiger partial charge in [0.25, 0.3) is 10.0 Å². The lowest BCUT2D eigenvalue weighted by Gasteiger charge is -2.26. The maximum atomic E-state index is 13.7. The van der Waals surface area contributed by atoms with Crippen molar-refractivity contribution < 1.29 is 17.6 Å². The lowest BCUT2D eigenvalue weighted by Crippen LogP contribution is -2.42. The first-order valence-corrected chi connectivity index (χ1v) is 12.4. The van der Waals surface area contributed by atoms with E-state index in [4.69, 9.17) is 11.6 Å². The highest BCUT2D eigenvalue weighted by atomic mass is 35.5. The van der Waals surface area contributed by atoms with Crippen molar-refractivity contribution in [2.24, 2.45) is 5.92 Å². The predicted molar refractivity (Wildman–Crippen MR) is 129 cm³/mol. The van der Waals surface area contributed by atoms with Gasteiger partial charge in [-0.15, -0.1) is 0 Å². The smallest absolute Gasteiger partial charge is 0.264 e. The number of carbonyl (C=O) groups is 1. The molecule has 3 aromatic rings. The van der Waals surface area contributed by atoms with E-state index >= 15 is 0 Å². The fourth-order valence-electron chi connectivity index (χ4n) is 3.48. The summed E-state index contributed by atoms with van der Waals surface area (Å²) in [6.45, 7) is 3.62. The minimum absolute atomic E-state index is 0.0139. The molecular weight excluding hydrogens is 463 g/mol. The Kier molecular flexibility index (Phi) is 8.10. The Labute approximate surface area is 199 Å². The highest BCUT2D eigenvalue weighted by molar-refractivity contribution is 7.92. The number of carbonyl (C=O) groups excluding carboxylic acids is 1. The van der Waals surface area contributed by atoms with E-state index in [1.54, 1.807) is 18.2 Å². The van der Waals surface area contributed by atoms with Gasteiger partial charge in [-0.3, -0.25) is 9.10 Å². The summed E-state index contributed by atoms with van der Waals surface area (Å²) in [5.41, 5.74) is 1.03. The first kappa shape index (κ1) is 24.7. The fourth-order valence-corrected chi connectivity index (χ4v) is 5.09. The van der Waals surface area contributed by atoms with Crippen molar-refractivity contribution in [2.75, 3.05) is 10.8 Å². The average Bonchev–Trinajstić information content (AvgIpc) is 2.80. The molecule has 3 rings (SSSR count). The Morgan fingerprint density at radius 3 is 2.18 bits per heavy atom. The monoisotopic (exact) mass is 488 g/mol. The van der Waals surface area contributed by atoms with E-state index in [9.17, 15) is 17.6 Å². The third kappa shape index (κ3) is 6.33. The van der Waals surface area contributed by atoms with E-state index < -0.39 is 28.3 Å². The molecule has 1 N–H and O–H groups in total. The second-order valence-corrected chi connectivity index (χ2v) is 10.4. The number of hydrogen-bond donors (Lipinski definition) is 1. The minimum atomic E-state index is -4.11. The molecule has 174 valence electrons. The Hall–Kier alpha value is -2.90. The van der Waals surface area contributed by atoms with Gasteiger partial charge in [-0.1, -0.05) is 74.0 Å². The molecule has 3 aromatic carbocycles. The quantitative estimate of drug-likeness (QED) is 0.427. The third-order valence-corrected chi connectivity index (χ3v) is 7.13. The Morgan fingerprint density at radius 1 is 1.00 bits per heavy atom. The molecule has 0 fully saturated rings. The van der Waals surface area contributed by atoms with Crippen LogP contribution in [0.4, 0.5) is 10.1 Å². The summed E-state index contributed by atoms with van der Waals surface area (Å²) < 4.78 is 41.5. The van der Waals surface area contributed by atoms with Crippen molar-refractivity contribution in [1.29, 1.82) is 0 Å². The molecule has 0 bridgehead atoms. The predicted octanol–water partition coefficient (Wildman–Crippen LogP) is 5.58. The Bertz CT molecular complexity index is 1190. The van der Waals surface area contributed by atoms with E-state index in [0.717, 1.165) is 15.9 Å². The zero-order valence-electron chi connectivity index (χ0n) is 18.4. The van der Waals surface area contributed by atoms with Crippen LogP contribution in [0.2, 0.25) is 5.02 Å². The molecule has 0 heterocycles. The van der Waals surface area contributed by atoms with Crippen LogP contribution in [0.3, 0.4) is 0 Å². The summed E-state index contributed by atoms with van der Waals surface area (Å²) in [7, 11) is -4.11. The first-order chi connectivity index (χ1) is 15.7. The normalized spacial score (nSPS) is 12.4. The van der Waals surface area contributed by atoms with Crippen LogP contribution in [-0.2, 0) is 14.8 Å². The van der Waals surface area contributed by atoms with Gasteiger partial charge >= 0.3 is 0 Å². The van der Waals surface area contributed by atoms with Gasteiger partial charge in [0.15, 0.2) is 0 Å². The highest BCUT2D eigenvalue weighted by Crippen LogP contribution is 2.28. The van der Waals surface area contributed by atoms with Crippen molar-refractivity contribution in [2.45, 2.75) is 31.2 Å². The fraction of sp³-hybridized carbons (Fsp3) is 0.240. The van der Waals surface area contributed by atoms with E-state index in [2.05, 4.69) is 19.2 Å². The number of hydrogen-bond acceptors (Lipinski definition) is 3. The van der Waals surface area contributed by atoms with Gasteiger partial charge in [0, 0.05) is 0 Å². The second-order valence-electron chi connectivity index (χ2n) is 8.08. The van der Waals surface area contributed by atoms with Crippen LogP contribution in [0.15, 0.2) is 83.8 Å². The van der Waals surface area contributed by atoms with E-state index in [1.165, 1.54) is 24.3 Å². The van der Waals surface area contributed by atoms with Crippen LogP contribution in [-0.4, -0.2) is 20.9 Å². The Balaban J connectivity index is 1.94. The second kappa shape index (κ2) is 10.8. The molecule has 33 heavy (non-hydrogen) atoms. The molecule has 0 unspecified atom stereocenters. The maximum Gasteiger partial charge on any atom is 0.264 e. The van der Waals surface area contributed by atoms with Gasteiger partial charge in [0.2, 0.25) is 5.91 Å². The molecule has 5 nitrogen and oxygen atoms in total. The first-order valence-electron chi connectivity index (χ1n) is 10.6. The van der Waals surface area contributed by atoms with E-state index in [-0.39, 0.29) is 21.6 Å². The molecule has 0 saturated carbocycles. The van der Waals surface area contributed by atoms with Gasteiger partial charge in [0.05, 0.1) is 21.6 Å². The van der Waals surface area contributed by atoms with Crippen LogP contribution >= 0.6 is 11.6 Å². The Morgan fingerprint density at radius 2 is 1.61 bits per heavy atom. The van der Waals surface area contributed by atoms with Gasteiger partial charge in [-0.2, -0.15) is 0 Å². The summed E-state index contributed by atoms with van der Waals surface area (Å²) in [6, 6.07) is 20.6. The number of anilines is 1. The average molecular weight is 489 g/mol. The minimum Gasteiger partial charge on any atom is -0.348 e. The molecule has 0 radical (unpaired) electrons. The number of halogens is 2. The molecule has 1 amide bonds. The largest absolute Gasteiger partial charge is 0.348 e. The summed E-state index contributed by atoms with van der Waals surface area (Å²) in [5, 5.41) is 2.73. The molecule has 0 aliphatic heterocycles. The molecule has 0 aromatic heterocycles. The van der Waals surface area contributed by atoms with E-state index in [1.807, 2.05) is 30.3 Å². The maximum absolute atomic E-state index is 13.7. The number of benzene rings is 3. The summed E-state index contributed by atoms with van der Waals surface area (Å²) in [5.74, 6) is -0.858. The number of nitrogens with zero attached hydrogens (tertiary/aromatic N) is 1. The molecular formula is C25H26ClFN2O3S. The third-order valence-electron chi connectivity index (χ3n) is 5.05. The van der Waals surface area contributed by atoms with E-state index in [0.29, 0.717) is 12.3 Å². The zero-order valence-corrected chi connectivity index (χ0v) is 20.0. The van der Waals surface area contributed by atoms with Crippen molar-refractivity contribution >= 4 is 33.2 Å². The molecule has 0 aliphatic rings. The van der Waals surface area contributed by atoms with Crippen LogP contribution in [0, 0.1) is 11.7 Å². The van der Waals surface area contributed by atoms with Gasteiger partial charge < -0.3 is 5.32 Å². The molecule has 0 aliphatic carbocycles. The molecule has 1 atom stereocenters. The topological polar surface area (TPSA) is 66.5 Å². The van der Waals surface area contributed by atoms with Crippen LogP contribution in [0.1, 0.15) is 31.9 Å².